The van der Waals surface area contributed by atoms with E-state index in [4.69, 9.17) is 9.47 Å². The molecule has 1 unspecified atom stereocenters. The molecule has 1 aliphatic rings. The first-order chi connectivity index (χ1) is 14.1. The average Bonchev–Trinajstić information content (AvgIpc) is 3.24. The molecule has 0 spiro atoms. The third-order valence-corrected chi connectivity index (χ3v) is 4.17. The van der Waals surface area contributed by atoms with Gasteiger partial charge in [0.15, 0.2) is 6.61 Å². The number of anilines is 1. The Bertz CT molecular complexity index is 910. The molecule has 1 atom stereocenters. The largest absolute Gasteiger partial charge is 0.485 e. The van der Waals surface area contributed by atoms with Crippen molar-refractivity contribution < 1.29 is 23.9 Å². The summed E-state index contributed by atoms with van der Waals surface area (Å²) < 4.78 is 10.3. The zero-order valence-electron chi connectivity index (χ0n) is 15.9. The van der Waals surface area contributed by atoms with Gasteiger partial charge in [-0.3, -0.25) is 15.0 Å². The van der Waals surface area contributed by atoms with Crippen molar-refractivity contribution in [2.75, 3.05) is 18.5 Å². The first-order valence-corrected chi connectivity index (χ1v) is 9.18. The summed E-state index contributed by atoms with van der Waals surface area (Å²) in [5.74, 6) is -0.440. The van der Waals surface area contributed by atoms with E-state index >= 15 is 0 Å². The van der Waals surface area contributed by atoms with Gasteiger partial charge in [-0.05, 0) is 43.3 Å². The average molecular weight is 395 g/mol. The fourth-order valence-electron chi connectivity index (χ4n) is 2.65. The van der Waals surface area contributed by atoms with Crippen LogP contribution in [-0.4, -0.2) is 42.6 Å². The molecule has 1 aliphatic heterocycles. The molecule has 3 rings (SSSR count). The number of hydrogen-bond donors (Lipinski definition) is 2. The predicted molar refractivity (Wildman–Crippen MR) is 107 cm³/mol. The lowest BCUT2D eigenvalue weighted by atomic mass is 10.1. The maximum absolute atomic E-state index is 12.4. The molecule has 2 aromatic carbocycles. The smallest absolute Gasteiger partial charge is 0.338 e. The second-order valence-corrected chi connectivity index (χ2v) is 6.26. The zero-order valence-corrected chi connectivity index (χ0v) is 15.9. The SMILES string of the molecule is CCOC(=O)c1ccc(NC(=O)C2CC(C(=O)COc3ccccc3)=NN2)cc1. The summed E-state index contributed by atoms with van der Waals surface area (Å²) in [7, 11) is 0. The Morgan fingerprint density at radius 2 is 1.83 bits per heavy atom. The second-order valence-electron chi connectivity index (χ2n) is 6.26. The number of nitrogens with zero attached hydrogens (tertiary/aromatic N) is 1. The Balaban J connectivity index is 1.48. The van der Waals surface area contributed by atoms with Crippen LogP contribution in [0, 0.1) is 0 Å². The molecule has 1 heterocycles. The fraction of sp³-hybridized carbons (Fsp3) is 0.238. The van der Waals surface area contributed by atoms with E-state index in [1.54, 1.807) is 43.3 Å². The molecule has 0 aromatic heterocycles. The summed E-state index contributed by atoms with van der Waals surface area (Å²) in [6.45, 7) is 1.88. The van der Waals surface area contributed by atoms with Crippen LogP contribution >= 0.6 is 0 Å². The highest BCUT2D eigenvalue weighted by Crippen LogP contribution is 2.14. The Morgan fingerprint density at radius 1 is 1.10 bits per heavy atom. The molecule has 150 valence electrons. The number of para-hydroxylation sites is 1. The van der Waals surface area contributed by atoms with Crippen LogP contribution in [0.1, 0.15) is 23.7 Å². The van der Waals surface area contributed by atoms with Gasteiger partial charge in [0.1, 0.15) is 17.5 Å². The van der Waals surface area contributed by atoms with Gasteiger partial charge in [0.2, 0.25) is 11.7 Å². The molecule has 0 bridgehead atoms. The number of hydrogen-bond acceptors (Lipinski definition) is 7. The molecule has 2 N–H and O–H groups in total. The standard InChI is InChI=1S/C21H21N3O5/c1-2-28-21(27)14-8-10-15(11-9-14)22-20(26)18-12-17(23-24-18)19(25)13-29-16-6-4-3-5-7-16/h3-11,18,24H,2,12-13H2,1H3,(H,22,26). The van der Waals surface area contributed by atoms with E-state index < -0.39 is 12.0 Å². The Labute approximate surface area is 167 Å². The molecule has 0 saturated heterocycles. The van der Waals surface area contributed by atoms with Crippen molar-refractivity contribution in [2.45, 2.75) is 19.4 Å². The third kappa shape index (κ3) is 5.41. The minimum absolute atomic E-state index is 0.145. The summed E-state index contributed by atoms with van der Waals surface area (Å²) in [5.41, 5.74) is 3.87. The molecule has 8 nitrogen and oxygen atoms in total. The quantitative estimate of drug-likeness (QED) is 0.664. The van der Waals surface area contributed by atoms with E-state index in [1.165, 1.54) is 0 Å². The zero-order chi connectivity index (χ0) is 20.6. The number of nitrogens with one attached hydrogen (secondary N) is 2. The molecule has 0 aliphatic carbocycles. The van der Waals surface area contributed by atoms with Gasteiger partial charge in [-0.1, -0.05) is 18.2 Å². The maximum Gasteiger partial charge on any atom is 0.338 e. The highest BCUT2D eigenvalue weighted by Gasteiger charge is 2.29. The number of Topliss-reactive ketones (excluding diaryl/α,β-unsaturated/α-hetero) is 1. The van der Waals surface area contributed by atoms with Gasteiger partial charge in [-0.2, -0.15) is 5.10 Å². The number of hydrazone groups is 1. The Kier molecular flexibility index (Phi) is 6.57. The first-order valence-electron chi connectivity index (χ1n) is 9.18. The van der Waals surface area contributed by atoms with Crippen molar-refractivity contribution in [2.24, 2.45) is 5.10 Å². The molecule has 1 amide bonds. The Morgan fingerprint density at radius 3 is 2.52 bits per heavy atom. The van der Waals surface area contributed by atoms with Crippen LogP contribution in [0.2, 0.25) is 0 Å². The third-order valence-electron chi connectivity index (χ3n) is 4.17. The number of ketones is 1. The van der Waals surface area contributed by atoms with Crippen LogP contribution in [0.15, 0.2) is 59.7 Å². The minimum atomic E-state index is -0.657. The maximum atomic E-state index is 12.4. The van der Waals surface area contributed by atoms with Crippen LogP contribution in [-0.2, 0) is 14.3 Å². The van der Waals surface area contributed by atoms with E-state index in [0.29, 0.717) is 23.6 Å². The molecule has 29 heavy (non-hydrogen) atoms. The van der Waals surface area contributed by atoms with Crippen molar-refractivity contribution in [3.05, 3.63) is 60.2 Å². The lowest BCUT2D eigenvalue weighted by molar-refractivity contribution is -0.117. The molecule has 0 saturated carbocycles. The van der Waals surface area contributed by atoms with Crippen LogP contribution in [0.5, 0.6) is 5.75 Å². The number of esters is 1. The number of rotatable bonds is 8. The van der Waals surface area contributed by atoms with E-state index in [0.717, 1.165) is 0 Å². The van der Waals surface area contributed by atoms with Crippen LogP contribution < -0.4 is 15.5 Å². The van der Waals surface area contributed by atoms with Gasteiger partial charge in [-0.15, -0.1) is 0 Å². The van der Waals surface area contributed by atoms with Gasteiger partial charge in [0.25, 0.3) is 0 Å². The van der Waals surface area contributed by atoms with Gasteiger partial charge in [0.05, 0.1) is 12.2 Å². The molecular weight excluding hydrogens is 374 g/mol. The first kappa shape index (κ1) is 20.1. The van der Waals surface area contributed by atoms with Crippen molar-refractivity contribution in [3.63, 3.8) is 0 Å². The monoisotopic (exact) mass is 395 g/mol. The van der Waals surface area contributed by atoms with E-state index in [1.807, 2.05) is 18.2 Å². The fourth-order valence-corrected chi connectivity index (χ4v) is 2.65. The summed E-state index contributed by atoms with van der Waals surface area (Å²) in [6, 6.07) is 14.7. The number of carbonyl (C=O) groups excluding carboxylic acids is 3. The van der Waals surface area contributed by atoms with Crippen molar-refractivity contribution in [3.8, 4) is 5.75 Å². The van der Waals surface area contributed by atoms with Gasteiger partial charge in [-0.25, -0.2) is 4.79 Å². The lowest BCUT2D eigenvalue weighted by Crippen LogP contribution is -2.35. The number of carbonyl (C=O) groups is 3. The molecule has 2 aromatic rings. The van der Waals surface area contributed by atoms with Gasteiger partial charge < -0.3 is 14.8 Å². The summed E-state index contributed by atoms with van der Waals surface area (Å²) in [6.07, 6.45) is 0.170. The topological polar surface area (TPSA) is 106 Å². The molecular formula is C21H21N3O5. The van der Waals surface area contributed by atoms with Gasteiger partial charge in [0, 0.05) is 12.1 Å². The van der Waals surface area contributed by atoms with Gasteiger partial charge >= 0.3 is 5.97 Å². The molecule has 0 radical (unpaired) electrons. The van der Waals surface area contributed by atoms with Crippen LogP contribution in [0.3, 0.4) is 0 Å². The molecule has 0 fully saturated rings. The molecule has 8 heteroatoms. The van der Waals surface area contributed by atoms with Crippen LogP contribution in [0.4, 0.5) is 5.69 Å². The number of amides is 1. The second kappa shape index (κ2) is 9.50. The van der Waals surface area contributed by atoms with Crippen molar-refractivity contribution in [1.82, 2.24) is 5.43 Å². The summed E-state index contributed by atoms with van der Waals surface area (Å²) >= 11 is 0. The van der Waals surface area contributed by atoms with Crippen molar-refractivity contribution >= 4 is 29.1 Å². The van der Waals surface area contributed by atoms with Crippen molar-refractivity contribution in [1.29, 1.82) is 0 Å². The number of benzene rings is 2. The lowest BCUT2D eigenvalue weighted by Gasteiger charge is -2.11. The normalized spacial score (nSPS) is 15.1. The summed E-state index contributed by atoms with van der Waals surface area (Å²) in [4.78, 5) is 36.3. The highest BCUT2D eigenvalue weighted by atomic mass is 16.5. The summed E-state index contributed by atoms with van der Waals surface area (Å²) in [5, 5.41) is 6.69. The van der Waals surface area contributed by atoms with Crippen LogP contribution in [0.25, 0.3) is 0 Å². The minimum Gasteiger partial charge on any atom is -0.485 e. The van der Waals surface area contributed by atoms with E-state index in [-0.39, 0.29) is 30.4 Å². The van der Waals surface area contributed by atoms with E-state index in [2.05, 4.69) is 15.8 Å². The highest BCUT2D eigenvalue weighted by molar-refractivity contribution is 6.41. The Hall–Kier alpha value is -3.68. The van der Waals surface area contributed by atoms with E-state index in [9.17, 15) is 14.4 Å². The predicted octanol–water partition coefficient (Wildman–Crippen LogP) is 2.17. The number of ether oxygens (including phenoxy) is 2.